The molecule has 0 aromatic carbocycles. The molecular weight excluding hydrogens is 112 g/mol. The quantitative estimate of drug-likeness (QED) is 0.491. The highest BCUT2D eigenvalue weighted by atomic mass is 14.7. The summed E-state index contributed by atoms with van der Waals surface area (Å²) in [6.45, 7) is 0. The predicted octanol–water partition coefficient (Wildman–Crippen LogP) is -0.677. The maximum Gasteiger partial charge on any atom is 1.00 e. The van der Waals surface area contributed by atoms with Crippen LogP contribution in [0.3, 0.4) is 0 Å². The molecule has 2 nitrogen and oxygen atoms in total. The van der Waals surface area contributed by atoms with Crippen molar-refractivity contribution in [2.24, 2.45) is 0 Å². The lowest BCUT2D eigenvalue weighted by atomic mass is 10.4. The fourth-order valence-electron chi connectivity index (χ4n) is 0.609. The number of nitrogens with zero attached hydrogens (tertiary/aromatic N) is 1. The zero-order valence-electron chi connectivity index (χ0n) is 6.33. The third-order valence-corrected chi connectivity index (χ3v) is 0.980. The first-order valence-electron chi connectivity index (χ1n) is 2.85. The summed E-state index contributed by atoms with van der Waals surface area (Å²) in [4.78, 5) is 6.95. The Morgan fingerprint density at radius 3 is 3.11 bits per heavy atom. The monoisotopic (exact) mass is 122 g/mol. The van der Waals surface area contributed by atoms with Crippen molar-refractivity contribution in [3.8, 4) is 0 Å². The van der Waals surface area contributed by atoms with Crippen molar-refractivity contribution in [3.05, 3.63) is 30.1 Å². The van der Waals surface area contributed by atoms with Gasteiger partial charge in [0.15, 0.2) is 6.21 Å². The van der Waals surface area contributed by atoms with E-state index in [-0.39, 0.29) is 1.43 Å². The van der Waals surface area contributed by atoms with Crippen LogP contribution in [0.5, 0.6) is 0 Å². The Morgan fingerprint density at radius 2 is 2.56 bits per heavy atom. The Hall–Kier alpha value is -1.18. The molecule has 1 rings (SSSR count). The van der Waals surface area contributed by atoms with Gasteiger partial charge in [-0.1, -0.05) is 6.07 Å². The summed E-state index contributed by atoms with van der Waals surface area (Å²) in [5, 5.41) is 0. The van der Waals surface area contributed by atoms with Crippen LogP contribution in [0.2, 0.25) is 0 Å². The topological polar surface area (TPSA) is 26.9 Å². The molecule has 2 heteroatoms. The number of hydrogen-bond acceptors (Lipinski definition) is 1. The Balaban J connectivity index is 0.000000810. The minimum absolute atomic E-state index is 0. The Labute approximate surface area is 55.8 Å². The highest BCUT2D eigenvalue weighted by Crippen LogP contribution is 1.84. The number of rotatable bonds is 1. The summed E-state index contributed by atoms with van der Waals surface area (Å²) >= 11 is 0. The third-order valence-electron chi connectivity index (χ3n) is 0.980. The molecule has 0 aliphatic heterocycles. The van der Waals surface area contributed by atoms with Gasteiger partial charge in [0.1, 0.15) is 12.7 Å². The summed E-state index contributed by atoms with van der Waals surface area (Å²) < 4.78 is 0. The van der Waals surface area contributed by atoms with Gasteiger partial charge in [0.2, 0.25) is 0 Å². The highest BCUT2D eigenvalue weighted by Gasteiger charge is 1.84. The maximum absolute atomic E-state index is 4.05. The van der Waals surface area contributed by atoms with Crippen LogP contribution < -0.4 is 4.99 Å². The zero-order valence-corrected chi connectivity index (χ0v) is 5.33. The number of nitrogens with one attached hydrogen (secondary N) is 1. The van der Waals surface area contributed by atoms with Gasteiger partial charge >= 0.3 is 1.43 Å². The summed E-state index contributed by atoms with van der Waals surface area (Å²) in [5.74, 6) is 0. The van der Waals surface area contributed by atoms with Gasteiger partial charge in [-0.05, 0) is 12.1 Å². The maximum atomic E-state index is 4.05. The van der Waals surface area contributed by atoms with E-state index in [2.05, 4.69) is 9.98 Å². The van der Waals surface area contributed by atoms with Crippen molar-refractivity contribution in [2.45, 2.75) is 0 Å². The second kappa shape index (κ2) is 2.97. The van der Waals surface area contributed by atoms with E-state index >= 15 is 0 Å². The van der Waals surface area contributed by atoms with Crippen molar-refractivity contribution in [1.29, 1.82) is 0 Å². The molecule has 0 unspecified atom stereocenters. The smallest absolute Gasteiger partial charge is 0.251 e. The van der Waals surface area contributed by atoms with E-state index in [9.17, 15) is 0 Å². The van der Waals surface area contributed by atoms with E-state index in [1.54, 1.807) is 6.20 Å². The van der Waals surface area contributed by atoms with Crippen LogP contribution in [0.1, 0.15) is 7.12 Å². The van der Waals surface area contributed by atoms with Gasteiger partial charge in [-0.25, -0.2) is 4.99 Å². The molecule has 0 aliphatic carbocycles. The molecule has 0 radical (unpaired) electrons. The van der Waals surface area contributed by atoms with Crippen LogP contribution >= 0.6 is 0 Å². The summed E-state index contributed by atoms with van der Waals surface area (Å²) in [7, 11) is 1.86. The van der Waals surface area contributed by atoms with Crippen molar-refractivity contribution >= 4 is 6.21 Å². The molecule has 0 bridgehead atoms. The molecule has 1 N–H and O–H groups in total. The summed E-state index contributed by atoms with van der Waals surface area (Å²) in [5.41, 5.74) is 0.958. The van der Waals surface area contributed by atoms with Gasteiger partial charge < -0.3 is 0 Å². The Kier molecular flexibility index (Phi) is 1.96. The van der Waals surface area contributed by atoms with E-state index in [1.165, 1.54) is 0 Å². The molecule has 46 valence electrons. The van der Waals surface area contributed by atoms with Crippen molar-refractivity contribution in [3.63, 3.8) is 0 Å². The van der Waals surface area contributed by atoms with E-state index < -0.39 is 0 Å². The first-order valence-corrected chi connectivity index (χ1v) is 2.85. The fourth-order valence-corrected chi connectivity index (χ4v) is 0.609. The lowest BCUT2D eigenvalue weighted by Crippen LogP contribution is -2.63. The zero-order chi connectivity index (χ0) is 6.53. The Bertz CT molecular complexity index is 196. The number of pyridine rings is 1. The highest BCUT2D eigenvalue weighted by molar-refractivity contribution is 5.71. The normalized spacial score (nSPS) is 10.3. The molecule has 1 heterocycles. The second-order valence-corrected chi connectivity index (χ2v) is 1.69. The average molecular weight is 122 g/mol. The molecule has 0 saturated carbocycles. The molecule has 0 aliphatic rings. The van der Waals surface area contributed by atoms with Crippen molar-refractivity contribution in [1.82, 2.24) is 4.98 Å². The van der Waals surface area contributed by atoms with E-state index in [4.69, 9.17) is 0 Å². The predicted molar refractivity (Wildman–Crippen MR) is 37.4 cm³/mol. The fraction of sp³-hybridized carbons (Fsp3) is 0.143. The van der Waals surface area contributed by atoms with E-state index in [0.29, 0.717) is 0 Å². The molecule has 1 aromatic rings. The lowest BCUT2D eigenvalue weighted by molar-refractivity contribution is -0.413. The molecule has 1 aromatic heterocycles. The largest absolute Gasteiger partial charge is 1.00 e. The first kappa shape index (κ1) is 5.95. The van der Waals surface area contributed by atoms with Gasteiger partial charge in [0.05, 0.1) is 0 Å². The van der Waals surface area contributed by atoms with Gasteiger partial charge in [0.25, 0.3) is 0 Å². The number of hydrogen-bond donors (Lipinski definition) is 1. The van der Waals surface area contributed by atoms with Gasteiger partial charge in [-0.15, -0.1) is 0 Å². The molecule has 0 amide bonds. The van der Waals surface area contributed by atoms with Crippen LogP contribution in [0, 0.1) is 0 Å². The SMILES string of the molecule is C[NH+]=Cc1ccccn1.[H+]. The van der Waals surface area contributed by atoms with Gasteiger partial charge in [-0.2, -0.15) is 0 Å². The van der Waals surface area contributed by atoms with Gasteiger partial charge in [0, 0.05) is 6.20 Å². The third kappa shape index (κ3) is 1.64. The second-order valence-electron chi connectivity index (χ2n) is 1.69. The summed E-state index contributed by atoms with van der Waals surface area (Å²) in [6, 6.07) is 5.79. The molecule has 0 fully saturated rings. The average Bonchev–Trinajstić information content (AvgIpc) is 1.91. The molecule has 9 heavy (non-hydrogen) atoms. The standard InChI is InChI=1S/C7H8N2/c1-8-6-7-4-2-3-5-9-7/h2-6H,1H3/p+2. The molecule has 0 spiro atoms. The van der Waals surface area contributed by atoms with Crippen LogP contribution in [-0.2, 0) is 0 Å². The molecule has 0 atom stereocenters. The van der Waals surface area contributed by atoms with Crippen molar-refractivity contribution < 1.29 is 6.42 Å². The summed E-state index contributed by atoms with van der Waals surface area (Å²) in [6.07, 6.45) is 3.61. The molecule has 0 saturated heterocycles. The van der Waals surface area contributed by atoms with E-state index in [1.807, 2.05) is 31.5 Å². The van der Waals surface area contributed by atoms with E-state index in [0.717, 1.165) is 5.69 Å². The van der Waals surface area contributed by atoms with Crippen LogP contribution in [0.25, 0.3) is 0 Å². The molecular formula is C7H10N2+2. The van der Waals surface area contributed by atoms with Crippen molar-refractivity contribution in [2.75, 3.05) is 7.05 Å². The lowest BCUT2D eigenvalue weighted by Gasteiger charge is -1.82. The van der Waals surface area contributed by atoms with Crippen LogP contribution in [-0.4, -0.2) is 18.2 Å². The Morgan fingerprint density at radius 1 is 1.67 bits per heavy atom. The first-order chi connectivity index (χ1) is 4.43. The van der Waals surface area contributed by atoms with Gasteiger partial charge in [-0.3, -0.25) is 4.98 Å². The number of aromatic nitrogens is 1. The minimum atomic E-state index is 0. The minimum Gasteiger partial charge on any atom is -0.251 e. The van der Waals surface area contributed by atoms with Crippen LogP contribution in [0.4, 0.5) is 0 Å². The van der Waals surface area contributed by atoms with Crippen LogP contribution in [0.15, 0.2) is 24.4 Å².